The highest BCUT2D eigenvalue weighted by Crippen LogP contribution is 2.31. The molecular weight excluding hydrogens is 306 g/mol. The molecule has 3 nitrogen and oxygen atoms in total. The topological polar surface area (TPSA) is 32.7 Å². The van der Waals surface area contributed by atoms with E-state index >= 15 is 0 Å². The Morgan fingerprint density at radius 2 is 2.16 bits per heavy atom. The summed E-state index contributed by atoms with van der Waals surface area (Å²) in [4.78, 5) is 2.29. The van der Waals surface area contributed by atoms with Crippen LogP contribution in [0.3, 0.4) is 0 Å². The second kappa shape index (κ2) is 6.25. The van der Waals surface area contributed by atoms with E-state index in [9.17, 15) is 5.11 Å². The number of benzene rings is 1. The lowest BCUT2D eigenvalue weighted by Gasteiger charge is -2.27. The molecule has 0 bridgehead atoms. The Hall–Kier alpha value is -0.580. The second-order valence-corrected chi connectivity index (χ2v) is 6.43. The third kappa shape index (κ3) is 3.94. The highest BCUT2D eigenvalue weighted by molar-refractivity contribution is 9.10. The van der Waals surface area contributed by atoms with E-state index in [1.807, 2.05) is 18.2 Å². The van der Waals surface area contributed by atoms with Crippen molar-refractivity contribution >= 4 is 15.9 Å². The van der Waals surface area contributed by atoms with Crippen molar-refractivity contribution < 1.29 is 9.84 Å². The van der Waals surface area contributed by atoms with Gasteiger partial charge in [-0.1, -0.05) is 15.9 Å². The van der Waals surface area contributed by atoms with E-state index < -0.39 is 5.60 Å². The van der Waals surface area contributed by atoms with E-state index in [0.29, 0.717) is 6.42 Å². The number of hydrogen-bond donors (Lipinski definition) is 1. The molecule has 0 saturated carbocycles. The molecule has 106 valence electrons. The molecule has 1 aromatic rings. The molecule has 1 unspecified atom stereocenters. The summed E-state index contributed by atoms with van der Waals surface area (Å²) >= 11 is 3.49. The minimum Gasteiger partial charge on any atom is -0.496 e. The van der Waals surface area contributed by atoms with E-state index in [-0.39, 0.29) is 0 Å². The molecule has 1 fully saturated rings. The number of halogens is 1. The first-order chi connectivity index (χ1) is 9.02. The molecule has 0 spiro atoms. The van der Waals surface area contributed by atoms with Crippen molar-refractivity contribution in [1.29, 1.82) is 0 Å². The monoisotopic (exact) mass is 327 g/mol. The zero-order valence-electron chi connectivity index (χ0n) is 11.7. The summed E-state index contributed by atoms with van der Waals surface area (Å²) in [5, 5.41) is 10.8. The van der Waals surface area contributed by atoms with Crippen LogP contribution in [-0.2, 0) is 6.42 Å². The first kappa shape index (κ1) is 14.8. The zero-order valence-corrected chi connectivity index (χ0v) is 13.2. The second-order valence-electron chi connectivity index (χ2n) is 5.51. The minimum absolute atomic E-state index is 0.612. The lowest BCUT2D eigenvalue weighted by molar-refractivity contribution is 0.0258. The van der Waals surface area contributed by atoms with Gasteiger partial charge < -0.3 is 14.7 Å². The zero-order chi connectivity index (χ0) is 13.9. The fourth-order valence-electron chi connectivity index (χ4n) is 2.73. The van der Waals surface area contributed by atoms with Crippen LogP contribution in [0.4, 0.5) is 0 Å². The lowest BCUT2D eigenvalue weighted by atomic mass is 9.87. The first-order valence-electron chi connectivity index (χ1n) is 6.76. The number of nitrogens with zero attached hydrogens (tertiary/aromatic N) is 1. The molecule has 1 aromatic carbocycles. The van der Waals surface area contributed by atoms with Gasteiger partial charge in [0.15, 0.2) is 0 Å². The quantitative estimate of drug-likeness (QED) is 0.926. The summed E-state index contributed by atoms with van der Waals surface area (Å²) in [6.07, 6.45) is 3.37. The van der Waals surface area contributed by atoms with Crippen LogP contribution in [0.25, 0.3) is 0 Å². The average Bonchev–Trinajstić information content (AvgIpc) is 2.52. The summed E-state index contributed by atoms with van der Waals surface area (Å²) in [6, 6.07) is 5.96. The van der Waals surface area contributed by atoms with Crippen molar-refractivity contribution in [3.05, 3.63) is 28.2 Å². The molecule has 1 heterocycles. The van der Waals surface area contributed by atoms with E-state index in [1.54, 1.807) is 7.11 Å². The van der Waals surface area contributed by atoms with E-state index in [0.717, 1.165) is 48.1 Å². The molecule has 1 atom stereocenters. The molecule has 2 rings (SSSR count). The fourth-order valence-corrected chi connectivity index (χ4v) is 3.14. The predicted octanol–water partition coefficient (Wildman–Crippen LogP) is 2.85. The van der Waals surface area contributed by atoms with Crippen molar-refractivity contribution in [2.75, 3.05) is 27.2 Å². The molecule has 4 heteroatoms. The van der Waals surface area contributed by atoms with Gasteiger partial charge in [-0.15, -0.1) is 0 Å². The molecule has 1 saturated heterocycles. The SMILES string of the molecule is COc1ccc(Br)cc1CC1(O)CCCN(C)CC1. The molecule has 1 N–H and O–H groups in total. The molecule has 1 aliphatic rings. The highest BCUT2D eigenvalue weighted by atomic mass is 79.9. The third-order valence-electron chi connectivity index (χ3n) is 3.90. The number of methoxy groups -OCH3 is 1. The van der Waals surface area contributed by atoms with Crippen molar-refractivity contribution in [2.24, 2.45) is 0 Å². The largest absolute Gasteiger partial charge is 0.496 e. The Balaban J connectivity index is 2.17. The Kier molecular flexibility index (Phi) is 4.87. The van der Waals surface area contributed by atoms with Crippen molar-refractivity contribution in [3.8, 4) is 5.75 Å². The molecular formula is C15H22BrNO2. The standard InChI is InChI=1S/C15H22BrNO2/c1-17-8-3-6-15(18,7-9-17)11-12-10-13(16)4-5-14(12)19-2/h4-5,10,18H,3,6-9,11H2,1-2H3. The van der Waals surface area contributed by atoms with Gasteiger partial charge in [-0.2, -0.15) is 0 Å². The predicted molar refractivity (Wildman–Crippen MR) is 80.7 cm³/mol. The fraction of sp³-hybridized carbons (Fsp3) is 0.600. The molecule has 19 heavy (non-hydrogen) atoms. The van der Waals surface area contributed by atoms with Crippen LogP contribution < -0.4 is 4.74 Å². The van der Waals surface area contributed by atoms with Crippen LogP contribution >= 0.6 is 15.9 Å². The van der Waals surface area contributed by atoms with Crippen LogP contribution in [0.2, 0.25) is 0 Å². The average molecular weight is 328 g/mol. The van der Waals surface area contributed by atoms with E-state index in [4.69, 9.17) is 4.74 Å². The maximum absolute atomic E-state index is 10.8. The van der Waals surface area contributed by atoms with Gasteiger partial charge in [0.2, 0.25) is 0 Å². The van der Waals surface area contributed by atoms with Gasteiger partial charge >= 0.3 is 0 Å². The number of rotatable bonds is 3. The van der Waals surface area contributed by atoms with Crippen LogP contribution in [-0.4, -0.2) is 42.9 Å². The van der Waals surface area contributed by atoms with Crippen LogP contribution in [0.5, 0.6) is 5.75 Å². The van der Waals surface area contributed by atoms with Gasteiger partial charge in [0.25, 0.3) is 0 Å². The van der Waals surface area contributed by atoms with Crippen LogP contribution in [0.15, 0.2) is 22.7 Å². The Morgan fingerprint density at radius 1 is 1.37 bits per heavy atom. The van der Waals surface area contributed by atoms with Gasteiger partial charge in [0.05, 0.1) is 12.7 Å². The van der Waals surface area contributed by atoms with Crippen molar-refractivity contribution in [3.63, 3.8) is 0 Å². The maximum atomic E-state index is 10.8. The molecule has 1 aliphatic heterocycles. The summed E-state index contributed by atoms with van der Waals surface area (Å²) < 4.78 is 6.42. The number of likely N-dealkylation sites (tertiary alicyclic amines) is 1. The lowest BCUT2D eigenvalue weighted by Crippen LogP contribution is -2.33. The van der Waals surface area contributed by atoms with Gasteiger partial charge in [-0.3, -0.25) is 0 Å². The summed E-state index contributed by atoms with van der Waals surface area (Å²) in [5.41, 5.74) is 0.461. The molecule has 0 radical (unpaired) electrons. The Bertz CT molecular complexity index is 438. The normalized spacial score (nSPS) is 25.1. The first-order valence-corrected chi connectivity index (χ1v) is 7.55. The van der Waals surface area contributed by atoms with Crippen molar-refractivity contribution in [1.82, 2.24) is 4.90 Å². The van der Waals surface area contributed by atoms with E-state index in [1.165, 1.54) is 0 Å². The Morgan fingerprint density at radius 3 is 2.89 bits per heavy atom. The number of aliphatic hydroxyl groups is 1. The van der Waals surface area contributed by atoms with Crippen molar-refractivity contribution in [2.45, 2.75) is 31.3 Å². The summed E-state index contributed by atoms with van der Waals surface area (Å²) in [7, 11) is 3.79. The van der Waals surface area contributed by atoms with Gasteiger partial charge in [-0.25, -0.2) is 0 Å². The van der Waals surface area contributed by atoms with Gasteiger partial charge in [-0.05, 0) is 56.6 Å². The third-order valence-corrected chi connectivity index (χ3v) is 4.40. The summed E-state index contributed by atoms with van der Waals surface area (Å²) in [5.74, 6) is 0.856. The van der Waals surface area contributed by atoms with Crippen LogP contribution in [0.1, 0.15) is 24.8 Å². The highest BCUT2D eigenvalue weighted by Gasteiger charge is 2.30. The number of ether oxygens (including phenoxy) is 1. The smallest absolute Gasteiger partial charge is 0.122 e. The molecule has 0 aromatic heterocycles. The van der Waals surface area contributed by atoms with Gasteiger partial charge in [0.1, 0.15) is 5.75 Å². The maximum Gasteiger partial charge on any atom is 0.122 e. The molecule has 0 aliphatic carbocycles. The Labute approximate surface area is 123 Å². The van der Waals surface area contributed by atoms with Crippen LogP contribution in [0, 0.1) is 0 Å². The summed E-state index contributed by atoms with van der Waals surface area (Å²) in [6.45, 7) is 2.02. The van der Waals surface area contributed by atoms with Gasteiger partial charge in [0, 0.05) is 17.4 Å². The number of hydrogen-bond acceptors (Lipinski definition) is 3. The minimum atomic E-state index is -0.612. The molecule has 0 amide bonds. The van der Waals surface area contributed by atoms with E-state index in [2.05, 4.69) is 27.9 Å².